The van der Waals surface area contributed by atoms with Gasteiger partial charge in [-0.3, -0.25) is 15.0 Å². The van der Waals surface area contributed by atoms with Crippen molar-refractivity contribution >= 4 is 27.4 Å². The van der Waals surface area contributed by atoms with Crippen molar-refractivity contribution in [3.05, 3.63) is 26.9 Å². The molecule has 0 bridgehead atoms. The van der Waals surface area contributed by atoms with E-state index in [-0.39, 0.29) is 5.69 Å². The smallest absolute Gasteiger partial charge is 0.312 e. The van der Waals surface area contributed by atoms with Crippen LogP contribution < -0.4 is 4.90 Å². The van der Waals surface area contributed by atoms with Crippen LogP contribution in [0.2, 0.25) is 0 Å². The number of aromatic nitrogens is 1. The average Bonchev–Trinajstić information content (AvgIpc) is 2.47. The monoisotopic (exact) mass is 353 g/mol. The summed E-state index contributed by atoms with van der Waals surface area (Å²) in [6.07, 6.45) is 1.56. The van der Waals surface area contributed by atoms with E-state index in [0.29, 0.717) is 36.5 Å². The second-order valence-corrected chi connectivity index (χ2v) is 6.31. The lowest BCUT2D eigenvalue weighted by molar-refractivity contribution is -0.384. The topological polar surface area (TPSA) is 86.3 Å². The molecule has 1 aromatic rings. The Morgan fingerprint density at radius 3 is 2.57 bits per heavy atom. The van der Waals surface area contributed by atoms with Crippen LogP contribution in [0.3, 0.4) is 0 Å². The van der Waals surface area contributed by atoms with Crippen LogP contribution in [0, 0.1) is 21.4 Å². The quantitative estimate of drug-likeness (QED) is 0.611. The predicted molar refractivity (Wildman–Crippen MR) is 82.1 cm³/mol. The Bertz CT molecular complexity index is 591. The van der Waals surface area contributed by atoms with Crippen molar-refractivity contribution in [2.24, 2.45) is 0 Å². The Labute approximate surface area is 131 Å². The van der Waals surface area contributed by atoms with Crippen LogP contribution in [0.4, 0.5) is 11.5 Å². The second kappa shape index (κ2) is 5.95. The number of nitrogens with zero attached hydrogens (tertiary/aromatic N) is 5. The molecule has 2 heterocycles. The van der Waals surface area contributed by atoms with E-state index >= 15 is 0 Å². The van der Waals surface area contributed by atoms with Gasteiger partial charge in [0.1, 0.15) is 5.54 Å². The Hall–Kier alpha value is -1.72. The third-order valence-electron chi connectivity index (χ3n) is 3.65. The number of hydrogen-bond donors (Lipinski definition) is 0. The molecule has 1 fully saturated rings. The zero-order valence-corrected chi connectivity index (χ0v) is 13.5. The standard InChI is InChI=1S/C13H16BrN5O2/c1-13(2,9-15)18-5-3-17(4-6-18)12-11(19(20)21)7-10(14)8-16-12/h7-8H,3-6H2,1-2H3. The molecule has 1 aliphatic rings. The average molecular weight is 354 g/mol. The summed E-state index contributed by atoms with van der Waals surface area (Å²) in [5.41, 5.74) is -0.525. The number of nitriles is 1. The fraction of sp³-hybridized carbons (Fsp3) is 0.538. The highest BCUT2D eigenvalue weighted by Crippen LogP contribution is 2.29. The number of pyridine rings is 1. The molecule has 0 spiro atoms. The molecule has 7 nitrogen and oxygen atoms in total. The number of piperazine rings is 1. The second-order valence-electron chi connectivity index (χ2n) is 5.40. The molecule has 0 amide bonds. The van der Waals surface area contributed by atoms with Crippen LogP contribution in [0.15, 0.2) is 16.7 Å². The maximum absolute atomic E-state index is 11.2. The molecule has 0 aliphatic carbocycles. The van der Waals surface area contributed by atoms with Crippen molar-refractivity contribution in [2.45, 2.75) is 19.4 Å². The first kappa shape index (κ1) is 15.7. The lowest BCUT2D eigenvalue weighted by Gasteiger charge is -2.40. The van der Waals surface area contributed by atoms with Gasteiger partial charge >= 0.3 is 5.69 Å². The summed E-state index contributed by atoms with van der Waals surface area (Å²) in [5, 5.41) is 20.3. The molecule has 0 saturated carbocycles. The first-order valence-electron chi connectivity index (χ1n) is 6.56. The van der Waals surface area contributed by atoms with Crippen LogP contribution in [-0.4, -0.2) is 46.5 Å². The summed E-state index contributed by atoms with van der Waals surface area (Å²) in [5.74, 6) is 0.387. The minimum absolute atomic E-state index is 0.00244. The van der Waals surface area contributed by atoms with Crippen molar-refractivity contribution in [3.8, 4) is 6.07 Å². The summed E-state index contributed by atoms with van der Waals surface area (Å²) in [4.78, 5) is 18.9. The Kier molecular flexibility index (Phi) is 4.44. The molecule has 8 heteroatoms. The van der Waals surface area contributed by atoms with Gasteiger partial charge in [0.05, 0.1) is 11.0 Å². The maximum atomic E-state index is 11.2. The van der Waals surface area contributed by atoms with Crippen LogP contribution in [0.5, 0.6) is 0 Å². The van der Waals surface area contributed by atoms with Gasteiger partial charge in [-0.25, -0.2) is 4.98 Å². The Balaban J connectivity index is 2.17. The normalized spacial score (nSPS) is 16.6. The third kappa shape index (κ3) is 3.31. The van der Waals surface area contributed by atoms with Gasteiger partial charge in [-0.2, -0.15) is 5.26 Å². The molecule has 1 saturated heterocycles. The molecule has 0 radical (unpaired) electrons. The molecule has 21 heavy (non-hydrogen) atoms. The minimum Gasteiger partial charge on any atom is -0.348 e. The van der Waals surface area contributed by atoms with Crippen molar-refractivity contribution in [3.63, 3.8) is 0 Å². The van der Waals surface area contributed by atoms with Crippen LogP contribution in [-0.2, 0) is 0 Å². The van der Waals surface area contributed by atoms with Gasteiger partial charge in [-0.05, 0) is 29.8 Å². The van der Waals surface area contributed by atoms with E-state index in [1.54, 1.807) is 6.20 Å². The van der Waals surface area contributed by atoms with Crippen molar-refractivity contribution in [1.82, 2.24) is 9.88 Å². The predicted octanol–water partition coefficient (Wildman–Crippen LogP) is 2.18. The van der Waals surface area contributed by atoms with Crippen molar-refractivity contribution in [1.29, 1.82) is 5.26 Å². The summed E-state index contributed by atoms with van der Waals surface area (Å²) in [6, 6.07) is 3.75. The Morgan fingerprint density at radius 2 is 2.05 bits per heavy atom. The van der Waals surface area contributed by atoms with Gasteiger partial charge in [0, 0.05) is 42.9 Å². The summed E-state index contributed by atoms with van der Waals surface area (Å²) >= 11 is 3.20. The van der Waals surface area contributed by atoms with Crippen molar-refractivity contribution in [2.75, 3.05) is 31.1 Å². The van der Waals surface area contributed by atoms with Gasteiger partial charge in [-0.15, -0.1) is 0 Å². The molecule has 1 aliphatic heterocycles. The van der Waals surface area contributed by atoms with Gasteiger partial charge in [0.25, 0.3) is 0 Å². The SMILES string of the molecule is CC(C)(C#N)N1CCN(c2ncc(Br)cc2[N+](=O)[O-])CC1. The molecular weight excluding hydrogens is 338 g/mol. The fourth-order valence-electron chi connectivity index (χ4n) is 2.35. The molecule has 112 valence electrons. The number of nitro groups is 1. The van der Waals surface area contributed by atoms with E-state index in [0.717, 1.165) is 0 Å². The summed E-state index contributed by atoms with van der Waals surface area (Å²) < 4.78 is 0.585. The molecule has 1 aromatic heterocycles. The van der Waals surface area contributed by atoms with E-state index in [1.165, 1.54) is 6.07 Å². The molecule has 0 atom stereocenters. The lowest BCUT2D eigenvalue weighted by Crippen LogP contribution is -2.54. The lowest BCUT2D eigenvalue weighted by atomic mass is 10.0. The van der Waals surface area contributed by atoms with Gasteiger partial charge < -0.3 is 4.90 Å². The highest BCUT2D eigenvalue weighted by Gasteiger charge is 2.32. The molecule has 0 unspecified atom stereocenters. The molecule has 0 N–H and O–H groups in total. The molecular formula is C13H16BrN5O2. The number of rotatable bonds is 3. The largest absolute Gasteiger partial charge is 0.348 e. The Morgan fingerprint density at radius 1 is 1.43 bits per heavy atom. The maximum Gasteiger partial charge on any atom is 0.312 e. The number of hydrogen-bond acceptors (Lipinski definition) is 6. The van der Waals surface area contributed by atoms with Crippen molar-refractivity contribution < 1.29 is 4.92 Å². The van der Waals surface area contributed by atoms with E-state index in [2.05, 4.69) is 31.9 Å². The number of anilines is 1. The minimum atomic E-state index is -0.523. The van der Waals surface area contributed by atoms with Crippen LogP contribution >= 0.6 is 15.9 Å². The zero-order valence-electron chi connectivity index (χ0n) is 11.9. The van der Waals surface area contributed by atoms with E-state index < -0.39 is 10.5 Å². The zero-order chi connectivity index (χ0) is 15.6. The first-order chi connectivity index (χ1) is 9.85. The third-order valence-corrected chi connectivity index (χ3v) is 4.09. The summed E-state index contributed by atoms with van der Waals surface area (Å²) in [6.45, 7) is 6.33. The highest BCUT2D eigenvalue weighted by molar-refractivity contribution is 9.10. The van der Waals surface area contributed by atoms with Gasteiger partial charge in [0.2, 0.25) is 5.82 Å². The summed E-state index contributed by atoms with van der Waals surface area (Å²) in [7, 11) is 0. The van der Waals surface area contributed by atoms with Gasteiger partial charge in [-0.1, -0.05) is 0 Å². The van der Waals surface area contributed by atoms with Crippen LogP contribution in [0.1, 0.15) is 13.8 Å². The van der Waals surface area contributed by atoms with Crippen LogP contribution in [0.25, 0.3) is 0 Å². The molecule has 2 rings (SSSR count). The van der Waals surface area contributed by atoms with Gasteiger partial charge in [0.15, 0.2) is 0 Å². The fourth-order valence-corrected chi connectivity index (χ4v) is 2.67. The number of halogens is 1. The van der Waals surface area contributed by atoms with E-state index in [1.807, 2.05) is 18.7 Å². The molecule has 0 aromatic carbocycles. The van der Waals surface area contributed by atoms with E-state index in [9.17, 15) is 10.1 Å². The van der Waals surface area contributed by atoms with E-state index in [4.69, 9.17) is 5.26 Å². The highest BCUT2D eigenvalue weighted by atomic mass is 79.9. The first-order valence-corrected chi connectivity index (χ1v) is 7.35.